The number of amides is 1. The Labute approximate surface area is 155 Å². The van der Waals surface area contributed by atoms with E-state index in [1.165, 1.54) is 29.7 Å². The van der Waals surface area contributed by atoms with Gasteiger partial charge in [-0.1, -0.05) is 26.0 Å². The predicted octanol–water partition coefficient (Wildman–Crippen LogP) is 2.32. The third kappa shape index (κ3) is 3.25. The summed E-state index contributed by atoms with van der Waals surface area (Å²) < 4.78 is 0. The lowest BCUT2D eigenvalue weighted by Crippen LogP contribution is -2.46. The Balaban J connectivity index is 1.50. The van der Waals surface area contributed by atoms with E-state index < -0.39 is 0 Å². The van der Waals surface area contributed by atoms with Crippen LogP contribution in [-0.4, -0.2) is 35.8 Å². The number of hydrogen-bond donors (Lipinski definition) is 0. The fourth-order valence-corrected chi connectivity index (χ4v) is 4.73. The number of fused-ring (bicyclic) bond motifs is 1. The normalized spacial score (nSPS) is 24.9. The Hall–Kier alpha value is -1.88. The summed E-state index contributed by atoms with van der Waals surface area (Å²) in [5.41, 5.74) is 4.02. The van der Waals surface area contributed by atoms with Gasteiger partial charge in [-0.25, -0.2) is 4.99 Å². The van der Waals surface area contributed by atoms with Crippen molar-refractivity contribution in [2.24, 2.45) is 16.8 Å². The number of hydrogen-bond acceptors (Lipinski definition) is 4. The second kappa shape index (κ2) is 7.03. The molecule has 0 saturated carbocycles. The predicted molar refractivity (Wildman–Crippen MR) is 101 cm³/mol. The van der Waals surface area contributed by atoms with Crippen LogP contribution >= 0.6 is 0 Å². The molecule has 0 aliphatic carbocycles. The lowest BCUT2D eigenvalue weighted by atomic mass is 9.86. The van der Waals surface area contributed by atoms with Crippen molar-refractivity contribution in [1.29, 1.82) is 0 Å². The molecule has 1 atom stereocenters. The summed E-state index contributed by atoms with van der Waals surface area (Å²) >= 11 is 0. The van der Waals surface area contributed by atoms with E-state index in [0.29, 0.717) is 12.8 Å². The molecule has 1 aromatic carbocycles. The second-order valence-electron chi connectivity index (χ2n) is 8.29. The minimum Gasteiger partial charge on any atom is -0.861 e. The molecular formula is C21H28N3O2-. The molecule has 5 heteroatoms. The summed E-state index contributed by atoms with van der Waals surface area (Å²) in [7, 11) is 0. The van der Waals surface area contributed by atoms with E-state index in [4.69, 9.17) is 0 Å². The Bertz CT molecular complexity index is 720. The first-order chi connectivity index (χ1) is 12.5. The van der Waals surface area contributed by atoms with Crippen LogP contribution in [0.4, 0.5) is 5.69 Å². The highest BCUT2D eigenvalue weighted by Crippen LogP contribution is 2.36. The molecule has 0 N–H and O–H groups in total. The maximum Gasteiger partial charge on any atom is 0.244 e. The highest BCUT2D eigenvalue weighted by molar-refractivity contribution is 5.94. The number of carbonyl (C=O) groups is 1. The minimum atomic E-state index is -0.267. The zero-order chi connectivity index (χ0) is 18.3. The van der Waals surface area contributed by atoms with Gasteiger partial charge >= 0.3 is 0 Å². The van der Waals surface area contributed by atoms with Crippen LogP contribution in [-0.2, 0) is 17.9 Å². The molecule has 3 aliphatic rings. The van der Waals surface area contributed by atoms with Gasteiger partial charge in [-0.3, -0.25) is 9.69 Å². The van der Waals surface area contributed by atoms with Crippen LogP contribution in [0.3, 0.4) is 0 Å². The Morgan fingerprint density at radius 2 is 1.92 bits per heavy atom. The number of piperidine rings is 1. The zero-order valence-electron chi connectivity index (χ0n) is 15.8. The quantitative estimate of drug-likeness (QED) is 0.836. The van der Waals surface area contributed by atoms with Crippen molar-refractivity contribution in [2.45, 2.75) is 58.7 Å². The highest BCUT2D eigenvalue weighted by Gasteiger charge is 2.31. The molecule has 1 aromatic rings. The number of carbonyl (C=O) groups excluding carboxylic acids is 1. The summed E-state index contributed by atoms with van der Waals surface area (Å²) in [5.74, 6) is 1.07. The van der Waals surface area contributed by atoms with Crippen LogP contribution < -0.4 is 10.0 Å². The molecule has 1 unspecified atom stereocenters. The van der Waals surface area contributed by atoms with Crippen molar-refractivity contribution < 1.29 is 9.90 Å². The third-order valence-corrected chi connectivity index (χ3v) is 6.40. The van der Waals surface area contributed by atoms with Gasteiger partial charge in [0.1, 0.15) is 0 Å². The van der Waals surface area contributed by atoms with Crippen LogP contribution in [0.1, 0.15) is 50.7 Å². The number of anilines is 1. The van der Waals surface area contributed by atoms with E-state index in [1.807, 2.05) is 0 Å². The molecule has 1 saturated heterocycles. The van der Waals surface area contributed by atoms with Gasteiger partial charge in [0, 0.05) is 44.3 Å². The molecule has 3 heterocycles. The largest absolute Gasteiger partial charge is 0.861 e. The van der Waals surface area contributed by atoms with Gasteiger partial charge in [-0.05, 0) is 54.2 Å². The molecule has 26 heavy (non-hydrogen) atoms. The van der Waals surface area contributed by atoms with Crippen LogP contribution in [0.25, 0.3) is 0 Å². The molecule has 3 aliphatic heterocycles. The molecule has 5 nitrogen and oxygen atoms in total. The smallest absolute Gasteiger partial charge is 0.244 e. The molecule has 0 aromatic heterocycles. The fourth-order valence-electron chi connectivity index (χ4n) is 4.73. The SMILES string of the molecule is CC(C)C1CCN(c2cccc3c2CN(C2CCC(=O)N=C2[O-])C3)CC1. The van der Waals surface area contributed by atoms with E-state index in [0.717, 1.165) is 38.0 Å². The van der Waals surface area contributed by atoms with Crippen molar-refractivity contribution >= 4 is 17.5 Å². The molecule has 4 rings (SSSR count). The Morgan fingerprint density at radius 1 is 1.15 bits per heavy atom. The van der Waals surface area contributed by atoms with Crippen molar-refractivity contribution in [3.8, 4) is 0 Å². The minimum absolute atomic E-state index is 0.236. The zero-order valence-corrected chi connectivity index (χ0v) is 15.8. The molecule has 1 amide bonds. The van der Waals surface area contributed by atoms with Crippen molar-refractivity contribution in [3.63, 3.8) is 0 Å². The average molecular weight is 354 g/mol. The van der Waals surface area contributed by atoms with Crippen molar-refractivity contribution in [1.82, 2.24) is 4.90 Å². The van der Waals surface area contributed by atoms with Gasteiger partial charge in [0.05, 0.1) is 0 Å². The summed E-state index contributed by atoms with van der Waals surface area (Å²) in [4.78, 5) is 19.8. The van der Waals surface area contributed by atoms with Gasteiger partial charge in [0.25, 0.3) is 0 Å². The van der Waals surface area contributed by atoms with E-state index in [1.54, 1.807) is 0 Å². The molecule has 1 fully saturated rings. The summed E-state index contributed by atoms with van der Waals surface area (Å²) in [6.45, 7) is 8.46. The van der Waals surface area contributed by atoms with Crippen molar-refractivity contribution in [3.05, 3.63) is 29.3 Å². The second-order valence-corrected chi connectivity index (χ2v) is 8.29. The maximum atomic E-state index is 12.2. The van der Waals surface area contributed by atoms with E-state index in [2.05, 4.69) is 46.8 Å². The molecular weight excluding hydrogens is 326 g/mol. The average Bonchev–Trinajstić information content (AvgIpc) is 3.05. The van der Waals surface area contributed by atoms with Crippen molar-refractivity contribution in [2.75, 3.05) is 18.0 Å². The number of aliphatic imine (C=N–C) groups is 1. The summed E-state index contributed by atoms with van der Waals surface area (Å²) in [6, 6.07) is 6.31. The van der Waals surface area contributed by atoms with E-state index in [9.17, 15) is 9.90 Å². The van der Waals surface area contributed by atoms with Gasteiger partial charge in [0.15, 0.2) is 0 Å². The lowest BCUT2D eigenvalue weighted by Gasteiger charge is -2.36. The Kier molecular flexibility index (Phi) is 4.74. The first-order valence-corrected chi connectivity index (χ1v) is 9.91. The van der Waals surface area contributed by atoms with Gasteiger partial charge < -0.3 is 10.0 Å². The monoisotopic (exact) mass is 354 g/mol. The standard InChI is InChI=1S/C21H29N3O2/c1-14(2)15-8-10-23(11-9-15)18-5-3-4-16-12-24(13-17(16)18)19-6-7-20(25)22-21(19)26/h3-5,14-15,19H,6-13H2,1-2H3,(H,22,25,26)/p-1. The number of nitrogens with zero attached hydrogens (tertiary/aromatic N) is 3. The number of benzene rings is 1. The van der Waals surface area contributed by atoms with Gasteiger partial charge in [-0.15, -0.1) is 0 Å². The van der Waals surface area contributed by atoms with Gasteiger partial charge in [0.2, 0.25) is 5.91 Å². The van der Waals surface area contributed by atoms with Crippen LogP contribution in [0, 0.1) is 11.8 Å². The maximum absolute atomic E-state index is 12.2. The third-order valence-electron chi connectivity index (χ3n) is 6.40. The summed E-state index contributed by atoms with van der Waals surface area (Å²) in [6.07, 6.45) is 3.50. The van der Waals surface area contributed by atoms with E-state index >= 15 is 0 Å². The molecule has 0 radical (unpaired) electrons. The molecule has 140 valence electrons. The molecule has 0 spiro atoms. The van der Waals surface area contributed by atoms with Crippen LogP contribution in [0.2, 0.25) is 0 Å². The van der Waals surface area contributed by atoms with E-state index in [-0.39, 0.29) is 17.8 Å². The topological polar surface area (TPSA) is 59.0 Å². The lowest BCUT2D eigenvalue weighted by molar-refractivity contribution is -0.226. The Morgan fingerprint density at radius 3 is 2.62 bits per heavy atom. The van der Waals surface area contributed by atoms with Gasteiger partial charge in [-0.2, -0.15) is 0 Å². The highest BCUT2D eigenvalue weighted by atomic mass is 16.3. The fraction of sp³-hybridized carbons (Fsp3) is 0.619. The molecule has 0 bridgehead atoms. The first kappa shape index (κ1) is 17.5. The first-order valence-electron chi connectivity index (χ1n) is 9.91. The van der Waals surface area contributed by atoms with Crippen LogP contribution in [0.15, 0.2) is 23.2 Å². The number of rotatable bonds is 3. The summed E-state index contributed by atoms with van der Waals surface area (Å²) in [5, 5.41) is 12.2. The van der Waals surface area contributed by atoms with Crippen LogP contribution in [0.5, 0.6) is 0 Å².